The number of hydrogen-bond acceptors (Lipinski definition) is 4. The molecule has 3 heterocycles. The molecule has 0 aliphatic carbocycles. The third kappa shape index (κ3) is 4.55. The summed E-state index contributed by atoms with van der Waals surface area (Å²) < 4.78 is 29.8. The topological polar surface area (TPSA) is 53.4 Å². The summed E-state index contributed by atoms with van der Waals surface area (Å²) in [5, 5.41) is 7.77. The van der Waals surface area contributed by atoms with E-state index >= 15 is 0 Å². The highest BCUT2D eigenvalue weighted by Gasteiger charge is 2.31. The van der Waals surface area contributed by atoms with Crippen molar-refractivity contribution in [3.8, 4) is 5.69 Å². The van der Waals surface area contributed by atoms with Crippen molar-refractivity contribution in [3.63, 3.8) is 0 Å². The Labute approximate surface area is 204 Å². The molecule has 35 heavy (non-hydrogen) atoms. The van der Waals surface area contributed by atoms with Gasteiger partial charge in [0.2, 0.25) is 0 Å². The van der Waals surface area contributed by atoms with Crippen molar-refractivity contribution in [1.82, 2.24) is 20.0 Å². The highest BCUT2D eigenvalue weighted by atomic mass is 19.1. The lowest BCUT2D eigenvalue weighted by atomic mass is 9.91. The van der Waals surface area contributed by atoms with Gasteiger partial charge in [-0.25, -0.2) is 13.5 Å². The van der Waals surface area contributed by atoms with Crippen molar-refractivity contribution in [2.24, 2.45) is 0 Å². The fourth-order valence-corrected chi connectivity index (χ4v) is 5.25. The molecule has 2 aliphatic rings. The quantitative estimate of drug-likeness (QED) is 0.610. The van der Waals surface area contributed by atoms with Gasteiger partial charge in [-0.1, -0.05) is 12.1 Å². The number of carbonyl (C=O) groups excluding carboxylic acids is 1. The Bertz CT molecular complexity index is 1230. The van der Waals surface area contributed by atoms with E-state index in [1.807, 2.05) is 4.90 Å². The molecular formula is C27H31F2N5O. The number of halogens is 2. The first-order chi connectivity index (χ1) is 16.9. The minimum atomic E-state index is -0.690. The van der Waals surface area contributed by atoms with E-state index in [9.17, 15) is 13.6 Å². The maximum atomic E-state index is 14.7. The van der Waals surface area contributed by atoms with Crippen LogP contribution in [0.25, 0.3) is 5.69 Å². The fraction of sp³-hybridized carbons (Fsp3) is 0.407. The predicted octanol–water partition coefficient (Wildman–Crippen LogP) is 4.20. The van der Waals surface area contributed by atoms with E-state index in [1.54, 1.807) is 6.20 Å². The zero-order valence-corrected chi connectivity index (χ0v) is 20.2. The second kappa shape index (κ2) is 9.77. The van der Waals surface area contributed by atoms with Crippen LogP contribution in [0.4, 0.5) is 14.5 Å². The Morgan fingerprint density at radius 3 is 2.46 bits per heavy atom. The summed E-state index contributed by atoms with van der Waals surface area (Å²) in [5.74, 6) is -1.34. The summed E-state index contributed by atoms with van der Waals surface area (Å²) in [7, 11) is 0. The maximum absolute atomic E-state index is 14.7. The van der Waals surface area contributed by atoms with Crippen LogP contribution < -0.4 is 10.2 Å². The molecule has 1 amide bonds. The van der Waals surface area contributed by atoms with Gasteiger partial charge in [0.1, 0.15) is 11.5 Å². The van der Waals surface area contributed by atoms with E-state index in [1.165, 1.54) is 33.6 Å². The molecule has 2 saturated heterocycles. The van der Waals surface area contributed by atoms with E-state index in [4.69, 9.17) is 0 Å². The number of aromatic nitrogens is 2. The molecule has 3 aromatic rings. The van der Waals surface area contributed by atoms with Gasteiger partial charge in [-0.15, -0.1) is 0 Å². The van der Waals surface area contributed by atoms with Gasteiger partial charge in [-0.2, -0.15) is 5.10 Å². The minimum Gasteiger partial charge on any atom is -0.368 e. The molecule has 2 fully saturated rings. The summed E-state index contributed by atoms with van der Waals surface area (Å²) in [5.41, 5.74) is 5.14. The number of hydrogen-bond donors (Lipinski definition) is 1. The van der Waals surface area contributed by atoms with Gasteiger partial charge >= 0.3 is 0 Å². The maximum Gasteiger partial charge on any atom is 0.257 e. The molecule has 6 nitrogen and oxygen atoms in total. The predicted molar refractivity (Wildman–Crippen MR) is 132 cm³/mol. The van der Waals surface area contributed by atoms with Gasteiger partial charge < -0.3 is 15.1 Å². The first-order valence-corrected chi connectivity index (χ1v) is 12.3. The third-order valence-corrected chi connectivity index (χ3v) is 7.38. The number of rotatable bonds is 4. The largest absolute Gasteiger partial charge is 0.368 e. The number of carbonyl (C=O) groups is 1. The van der Waals surface area contributed by atoms with Crippen molar-refractivity contribution in [2.45, 2.75) is 32.6 Å². The molecule has 0 saturated carbocycles. The van der Waals surface area contributed by atoms with Crippen LogP contribution in [0.2, 0.25) is 0 Å². The molecule has 1 aromatic heterocycles. The number of aryl methyl sites for hydroxylation is 1. The highest BCUT2D eigenvalue weighted by Crippen LogP contribution is 2.32. The Kier molecular flexibility index (Phi) is 6.56. The smallest absolute Gasteiger partial charge is 0.257 e. The van der Waals surface area contributed by atoms with Crippen LogP contribution in [-0.4, -0.2) is 59.9 Å². The summed E-state index contributed by atoms with van der Waals surface area (Å²) in [6.45, 7) is 8.60. The molecule has 0 bridgehead atoms. The first kappa shape index (κ1) is 23.5. The van der Waals surface area contributed by atoms with Crippen LogP contribution >= 0.6 is 0 Å². The molecule has 184 valence electrons. The average Bonchev–Trinajstić information content (AvgIpc) is 3.31. The van der Waals surface area contributed by atoms with Crippen molar-refractivity contribution in [1.29, 1.82) is 0 Å². The average molecular weight is 480 g/mol. The SMILES string of the molecule is Cc1cccc(N2CCN(C(=O)c3cnn(-c4ccc(F)cc4F)c3C3CCNCC3)CC2)c1C. The summed E-state index contributed by atoms with van der Waals surface area (Å²) in [6, 6.07) is 9.79. The van der Waals surface area contributed by atoms with Crippen LogP contribution in [0.1, 0.15) is 45.9 Å². The van der Waals surface area contributed by atoms with Crippen LogP contribution in [0.3, 0.4) is 0 Å². The number of anilines is 1. The summed E-state index contributed by atoms with van der Waals surface area (Å²) >= 11 is 0. The van der Waals surface area contributed by atoms with E-state index < -0.39 is 11.6 Å². The second-order valence-electron chi connectivity index (χ2n) is 9.47. The zero-order chi connectivity index (χ0) is 24.5. The van der Waals surface area contributed by atoms with Crippen LogP contribution in [0.5, 0.6) is 0 Å². The molecule has 0 unspecified atom stereocenters. The lowest BCUT2D eigenvalue weighted by molar-refractivity contribution is 0.0744. The zero-order valence-electron chi connectivity index (χ0n) is 20.2. The number of nitrogens with zero attached hydrogens (tertiary/aromatic N) is 4. The monoisotopic (exact) mass is 479 g/mol. The Balaban J connectivity index is 1.42. The van der Waals surface area contributed by atoms with Gasteiger partial charge in [0, 0.05) is 43.9 Å². The van der Waals surface area contributed by atoms with Crippen LogP contribution in [-0.2, 0) is 0 Å². The standard InChI is InChI=1S/C27H31F2N5O/c1-18-4-3-5-24(19(18)2)32-12-14-33(15-13-32)27(35)22-17-31-34(25-7-6-21(28)16-23(25)29)26(22)20-8-10-30-11-9-20/h3-7,16-17,20,30H,8-15H2,1-2H3. The van der Waals surface area contributed by atoms with Gasteiger partial charge in [0.15, 0.2) is 5.82 Å². The number of piperazine rings is 1. The summed E-state index contributed by atoms with van der Waals surface area (Å²) in [6.07, 6.45) is 3.21. The highest BCUT2D eigenvalue weighted by molar-refractivity contribution is 5.95. The number of amides is 1. The van der Waals surface area contributed by atoms with Gasteiger partial charge in [0.25, 0.3) is 5.91 Å². The van der Waals surface area contributed by atoms with E-state index in [0.717, 1.165) is 50.8 Å². The second-order valence-corrected chi connectivity index (χ2v) is 9.47. The molecule has 2 aromatic carbocycles. The number of nitrogens with one attached hydrogen (secondary N) is 1. The van der Waals surface area contributed by atoms with E-state index in [0.29, 0.717) is 18.7 Å². The Hall–Kier alpha value is -3.26. The van der Waals surface area contributed by atoms with Gasteiger partial charge in [0.05, 0.1) is 17.5 Å². The van der Waals surface area contributed by atoms with Gasteiger partial charge in [-0.05, 0) is 69.1 Å². The normalized spacial score (nSPS) is 17.1. The Morgan fingerprint density at radius 1 is 1.00 bits per heavy atom. The third-order valence-electron chi connectivity index (χ3n) is 7.38. The molecule has 0 atom stereocenters. The lowest BCUT2D eigenvalue weighted by Gasteiger charge is -2.37. The molecule has 0 radical (unpaired) electrons. The van der Waals surface area contributed by atoms with Gasteiger partial charge in [-0.3, -0.25) is 4.79 Å². The number of piperidine rings is 1. The Morgan fingerprint density at radius 2 is 1.74 bits per heavy atom. The van der Waals surface area contributed by atoms with Crippen LogP contribution in [0, 0.1) is 25.5 Å². The van der Waals surface area contributed by atoms with Crippen LogP contribution in [0.15, 0.2) is 42.6 Å². The number of benzene rings is 2. The minimum absolute atomic E-state index is 0.0679. The first-order valence-electron chi connectivity index (χ1n) is 12.3. The molecule has 5 rings (SSSR count). The van der Waals surface area contributed by atoms with Crippen molar-refractivity contribution in [2.75, 3.05) is 44.2 Å². The van der Waals surface area contributed by atoms with Crippen molar-refractivity contribution < 1.29 is 13.6 Å². The molecule has 2 aliphatic heterocycles. The van der Waals surface area contributed by atoms with E-state index in [-0.39, 0.29) is 17.5 Å². The lowest BCUT2D eigenvalue weighted by Crippen LogP contribution is -2.49. The van der Waals surface area contributed by atoms with Crippen molar-refractivity contribution >= 4 is 11.6 Å². The summed E-state index contributed by atoms with van der Waals surface area (Å²) in [4.78, 5) is 17.9. The molecule has 1 N–H and O–H groups in total. The van der Waals surface area contributed by atoms with Crippen molar-refractivity contribution in [3.05, 3.63) is 76.6 Å². The fourth-order valence-electron chi connectivity index (χ4n) is 5.25. The van der Waals surface area contributed by atoms with E-state index in [2.05, 4.69) is 47.4 Å². The molecule has 8 heteroatoms. The molecular weight excluding hydrogens is 448 g/mol. The molecule has 0 spiro atoms.